The smallest absolute Gasteiger partial charge is 0.224 e. The Labute approximate surface area is 213 Å². The summed E-state index contributed by atoms with van der Waals surface area (Å²) in [5, 5.41) is 1.19. The lowest BCUT2D eigenvalue weighted by Gasteiger charge is -2.36. The summed E-state index contributed by atoms with van der Waals surface area (Å²) in [4.78, 5) is 21.7. The van der Waals surface area contributed by atoms with Gasteiger partial charge in [-0.15, -0.1) is 0 Å². The van der Waals surface area contributed by atoms with Crippen LogP contribution in [0.4, 0.5) is 10.1 Å². The third kappa shape index (κ3) is 5.00. The molecule has 2 heterocycles. The summed E-state index contributed by atoms with van der Waals surface area (Å²) in [6.45, 7) is 2.86. The molecule has 0 bridgehead atoms. The van der Waals surface area contributed by atoms with Crippen molar-refractivity contribution in [1.82, 2.24) is 14.5 Å². The quantitative estimate of drug-likeness (QED) is 0.328. The fourth-order valence-electron chi connectivity index (χ4n) is 4.64. The molecule has 1 aliphatic heterocycles. The first kappa shape index (κ1) is 23.6. The molecule has 4 aromatic rings. The van der Waals surface area contributed by atoms with Crippen LogP contribution in [0.5, 0.6) is 0 Å². The molecule has 1 fully saturated rings. The molecule has 0 spiro atoms. The second kappa shape index (κ2) is 10.3. The summed E-state index contributed by atoms with van der Waals surface area (Å²) in [7, 11) is 0. The Morgan fingerprint density at radius 1 is 0.886 bits per heavy atom. The van der Waals surface area contributed by atoms with Crippen LogP contribution in [0.15, 0.2) is 66.7 Å². The summed E-state index contributed by atoms with van der Waals surface area (Å²) >= 11 is 12.8. The molecule has 180 valence electrons. The number of benzene rings is 3. The monoisotopic (exact) mass is 510 g/mol. The zero-order valence-corrected chi connectivity index (χ0v) is 20.6. The summed E-state index contributed by atoms with van der Waals surface area (Å²) in [6.07, 6.45) is 0.825. The lowest BCUT2D eigenvalue weighted by molar-refractivity contribution is -0.131. The van der Waals surface area contributed by atoms with Gasteiger partial charge in [-0.1, -0.05) is 53.5 Å². The molecular weight excluding hydrogens is 486 g/mol. The van der Waals surface area contributed by atoms with Gasteiger partial charge in [0.2, 0.25) is 5.91 Å². The third-order valence-corrected chi connectivity index (χ3v) is 7.21. The van der Waals surface area contributed by atoms with Crippen LogP contribution in [0.2, 0.25) is 10.0 Å². The fraction of sp³-hybridized carbons (Fsp3) is 0.259. The molecule has 1 amide bonds. The molecule has 5 nitrogen and oxygen atoms in total. The standard InChI is InChI=1S/C27H25Cl2FN4O/c28-20-6-5-7-21(29)19(20)18-26-31-23-9-2-4-11-25(23)34(26)13-12-27(35)33-16-14-32(15-17-33)24-10-3-1-8-22(24)30/h1-11H,12-18H2. The minimum Gasteiger partial charge on any atom is -0.366 e. The van der Waals surface area contributed by atoms with E-state index in [0.717, 1.165) is 22.4 Å². The zero-order chi connectivity index (χ0) is 24.4. The van der Waals surface area contributed by atoms with Gasteiger partial charge >= 0.3 is 0 Å². The molecule has 8 heteroatoms. The number of aromatic nitrogens is 2. The highest BCUT2D eigenvalue weighted by Crippen LogP contribution is 2.28. The molecule has 3 aromatic carbocycles. The van der Waals surface area contributed by atoms with E-state index in [0.29, 0.717) is 61.3 Å². The van der Waals surface area contributed by atoms with Gasteiger partial charge in [-0.05, 0) is 42.0 Å². The number of imidazole rings is 1. The van der Waals surface area contributed by atoms with E-state index in [4.69, 9.17) is 28.2 Å². The third-order valence-electron chi connectivity index (χ3n) is 6.50. The number of fused-ring (bicyclic) bond motifs is 1. The van der Waals surface area contributed by atoms with E-state index in [9.17, 15) is 9.18 Å². The van der Waals surface area contributed by atoms with Crippen molar-refractivity contribution < 1.29 is 9.18 Å². The molecular formula is C27H25Cl2FN4O. The topological polar surface area (TPSA) is 41.4 Å². The minimum absolute atomic E-state index is 0.0812. The molecule has 0 atom stereocenters. The molecule has 5 rings (SSSR count). The molecule has 1 saturated heterocycles. The van der Waals surface area contributed by atoms with E-state index < -0.39 is 0 Å². The molecule has 1 aromatic heterocycles. The van der Waals surface area contributed by atoms with Crippen molar-refractivity contribution in [3.63, 3.8) is 0 Å². The fourth-order valence-corrected chi connectivity index (χ4v) is 5.17. The van der Waals surface area contributed by atoms with E-state index in [1.807, 2.05) is 58.3 Å². The predicted molar refractivity (Wildman–Crippen MR) is 139 cm³/mol. The number of anilines is 1. The number of hydrogen-bond donors (Lipinski definition) is 0. The van der Waals surface area contributed by atoms with Gasteiger partial charge in [0, 0.05) is 55.6 Å². The second-order valence-corrected chi connectivity index (χ2v) is 9.43. The van der Waals surface area contributed by atoms with Crippen molar-refractivity contribution in [2.24, 2.45) is 0 Å². The van der Waals surface area contributed by atoms with Crippen LogP contribution >= 0.6 is 23.2 Å². The highest BCUT2D eigenvalue weighted by atomic mass is 35.5. The van der Waals surface area contributed by atoms with Gasteiger partial charge in [0.25, 0.3) is 0 Å². The number of halogens is 3. The number of carbonyl (C=O) groups excluding carboxylic acids is 1. The largest absolute Gasteiger partial charge is 0.366 e. The molecule has 0 saturated carbocycles. The number of aryl methyl sites for hydroxylation is 1. The number of nitrogens with zero attached hydrogens (tertiary/aromatic N) is 4. The van der Waals surface area contributed by atoms with Gasteiger partial charge in [-0.3, -0.25) is 4.79 Å². The Hall–Kier alpha value is -3.09. The maximum Gasteiger partial charge on any atom is 0.224 e. The zero-order valence-electron chi connectivity index (χ0n) is 19.1. The van der Waals surface area contributed by atoms with Crippen molar-refractivity contribution in [2.75, 3.05) is 31.1 Å². The van der Waals surface area contributed by atoms with Gasteiger partial charge < -0.3 is 14.4 Å². The average molecular weight is 511 g/mol. The molecule has 35 heavy (non-hydrogen) atoms. The summed E-state index contributed by atoms with van der Waals surface area (Å²) < 4.78 is 16.2. The number of rotatable bonds is 6. The SMILES string of the molecule is O=C(CCn1c(Cc2c(Cl)cccc2Cl)nc2ccccc21)N1CCN(c2ccccc2F)CC1. The van der Waals surface area contributed by atoms with Crippen LogP contribution in [0.3, 0.4) is 0 Å². The van der Waals surface area contributed by atoms with Crippen LogP contribution < -0.4 is 4.90 Å². The highest BCUT2D eigenvalue weighted by Gasteiger charge is 2.23. The van der Waals surface area contributed by atoms with Gasteiger partial charge in [0.1, 0.15) is 11.6 Å². The van der Waals surface area contributed by atoms with Crippen LogP contribution in [-0.4, -0.2) is 46.5 Å². The van der Waals surface area contributed by atoms with Crippen molar-refractivity contribution in [1.29, 1.82) is 0 Å². The van der Waals surface area contributed by atoms with Crippen LogP contribution in [0.25, 0.3) is 11.0 Å². The van der Waals surface area contributed by atoms with Crippen molar-refractivity contribution in [3.8, 4) is 0 Å². The lowest BCUT2D eigenvalue weighted by atomic mass is 10.1. The predicted octanol–water partition coefficient (Wildman–Crippen LogP) is 5.81. The number of piperazine rings is 1. The highest BCUT2D eigenvalue weighted by molar-refractivity contribution is 6.36. The Morgan fingerprint density at radius 3 is 2.31 bits per heavy atom. The Kier molecular flexibility index (Phi) is 6.93. The maximum absolute atomic E-state index is 14.1. The van der Waals surface area contributed by atoms with Crippen LogP contribution in [-0.2, 0) is 17.8 Å². The van der Waals surface area contributed by atoms with Gasteiger partial charge in [-0.25, -0.2) is 9.37 Å². The second-order valence-electron chi connectivity index (χ2n) is 8.61. The van der Waals surface area contributed by atoms with E-state index in [1.165, 1.54) is 6.07 Å². The molecule has 0 unspecified atom stereocenters. The summed E-state index contributed by atoms with van der Waals surface area (Å²) in [5.74, 6) is 0.668. The minimum atomic E-state index is -0.231. The van der Waals surface area contributed by atoms with Crippen molar-refractivity contribution >= 4 is 45.8 Å². The van der Waals surface area contributed by atoms with Crippen LogP contribution in [0.1, 0.15) is 17.8 Å². The van der Waals surface area contributed by atoms with Gasteiger partial charge in [0.05, 0.1) is 16.7 Å². The first-order valence-electron chi connectivity index (χ1n) is 11.7. The lowest BCUT2D eigenvalue weighted by Crippen LogP contribution is -2.49. The van der Waals surface area contributed by atoms with Gasteiger partial charge in [0.15, 0.2) is 0 Å². The summed E-state index contributed by atoms with van der Waals surface area (Å²) in [5.41, 5.74) is 3.26. The average Bonchev–Trinajstić information content (AvgIpc) is 3.22. The number of carbonyl (C=O) groups is 1. The number of amides is 1. The van der Waals surface area contributed by atoms with E-state index in [1.54, 1.807) is 12.1 Å². The molecule has 0 aliphatic carbocycles. The Morgan fingerprint density at radius 2 is 1.57 bits per heavy atom. The van der Waals surface area contributed by atoms with Crippen LogP contribution in [0, 0.1) is 5.82 Å². The first-order valence-corrected chi connectivity index (χ1v) is 12.4. The number of para-hydroxylation sites is 3. The first-order chi connectivity index (χ1) is 17.0. The molecule has 0 radical (unpaired) electrons. The van der Waals surface area contributed by atoms with E-state index >= 15 is 0 Å². The van der Waals surface area contributed by atoms with E-state index in [-0.39, 0.29) is 11.7 Å². The normalized spacial score (nSPS) is 14.0. The number of hydrogen-bond acceptors (Lipinski definition) is 3. The van der Waals surface area contributed by atoms with Gasteiger partial charge in [-0.2, -0.15) is 0 Å². The Bertz CT molecular complexity index is 1340. The maximum atomic E-state index is 14.1. The molecule has 0 N–H and O–H groups in total. The van der Waals surface area contributed by atoms with E-state index in [2.05, 4.69) is 4.57 Å². The van der Waals surface area contributed by atoms with Crippen molar-refractivity contribution in [2.45, 2.75) is 19.4 Å². The molecule has 1 aliphatic rings. The summed E-state index contributed by atoms with van der Waals surface area (Å²) in [6, 6.07) is 20.1. The van der Waals surface area contributed by atoms with Crippen molar-refractivity contribution in [3.05, 3.63) is 94.0 Å². The Balaban J connectivity index is 1.29.